The van der Waals surface area contributed by atoms with E-state index in [-0.39, 0.29) is 5.75 Å². The average Bonchev–Trinajstić information content (AvgIpc) is 2.21. The molecule has 0 radical (unpaired) electrons. The molecule has 5 heteroatoms. The minimum atomic E-state index is -3.25. The van der Waals surface area contributed by atoms with E-state index in [9.17, 15) is 13.5 Å². The molecular weight excluding hydrogens is 238 g/mol. The van der Waals surface area contributed by atoms with E-state index in [4.69, 9.17) is 5.73 Å². The summed E-state index contributed by atoms with van der Waals surface area (Å²) < 4.78 is 23.3. The van der Waals surface area contributed by atoms with Crippen molar-refractivity contribution in [1.82, 2.24) is 0 Å². The summed E-state index contributed by atoms with van der Waals surface area (Å²) in [6, 6.07) is 3.07. The predicted octanol–water partition coefficient (Wildman–Crippen LogP) is 1.39. The largest absolute Gasteiger partial charge is 0.508 e. The number of hydrogen-bond donors (Lipinski definition) is 2. The third-order valence-corrected chi connectivity index (χ3v) is 3.86. The Hall–Kier alpha value is -1.07. The first-order chi connectivity index (χ1) is 7.86. The van der Waals surface area contributed by atoms with Crippen molar-refractivity contribution < 1.29 is 13.5 Å². The molecule has 0 fully saturated rings. The van der Waals surface area contributed by atoms with Crippen LogP contribution in [0.3, 0.4) is 0 Å². The van der Waals surface area contributed by atoms with Gasteiger partial charge < -0.3 is 10.8 Å². The molecule has 0 aliphatic heterocycles. The molecule has 0 unspecified atom stereocenters. The van der Waals surface area contributed by atoms with Crippen LogP contribution in [0.25, 0.3) is 0 Å². The molecule has 0 amide bonds. The van der Waals surface area contributed by atoms with Gasteiger partial charge >= 0.3 is 0 Å². The highest BCUT2D eigenvalue weighted by Gasteiger charge is 2.15. The lowest BCUT2D eigenvalue weighted by atomic mass is 10.1. The summed E-state index contributed by atoms with van der Waals surface area (Å²) in [5.41, 5.74) is 6.65. The smallest absolute Gasteiger partial charge is 0.175 e. The van der Waals surface area contributed by atoms with Gasteiger partial charge in [0.25, 0.3) is 0 Å². The number of sulfone groups is 1. The molecule has 3 N–H and O–H groups in total. The molecule has 1 aromatic carbocycles. The zero-order valence-electron chi connectivity index (χ0n) is 10.2. The molecule has 0 saturated carbocycles. The molecule has 0 saturated heterocycles. The fourth-order valence-corrected chi connectivity index (χ4v) is 2.74. The van der Waals surface area contributed by atoms with Crippen LogP contribution in [-0.4, -0.2) is 26.3 Å². The van der Waals surface area contributed by atoms with Crippen molar-refractivity contribution in [1.29, 1.82) is 0 Å². The molecule has 0 aromatic heterocycles. The quantitative estimate of drug-likeness (QED) is 0.781. The average molecular weight is 257 g/mol. The minimum Gasteiger partial charge on any atom is -0.508 e. The van der Waals surface area contributed by atoms with Crippen molar-refractivity contribution in [3.05, 3.63) is 23.3 Å². The molecule has 0 spiro atoms. The van der Waals surface area contributed by atoms with E-state index in [1.165, 1.54) is 12.3 Å². The van der Waals surface area contributed by atoms with Crippen LogP contribution in [0.1, 0.15) is 24.0 Å². The Labute approximate surface area is 102 Å². The van der Waals surface area contributed by atoms with Gasteiger partial charge in [-0.25, -0.2) is 8.42 Å². The molecule has 96 valence electrons. The number of aromatic hydroxyl groups is 1. The topological polar surface area (TPSA) is 80.4 Å². The number of phenols is 1. The maximum Gasteiger partial charge on any atom is 0.175 e. The maximum absolute atomic E-state index is 11.6. The Bertz CT molecular complexity index is 495. The lowest BCUT2D eigenvalue weighted by Gasteiger charge is -2.10. The van der Waals surface area contributed by atoms with Crippen molar-refractivity contribution in [2.75, 3.05) is 12.8 Å². The second kappa shape index (κ2) is 5.51. The van der Waals surface area contributed by atoms with Crippen LogP contribution in [-0.2, 0) is 16.3 Å². The number of rotatable bonds is 5. The highest BCUT2D eigenvalue weighted by molar-refractivity contribution is 7.90. The van der Waals surface area contributed by atoms with Gasteiger partial charge in [-0.15, -0.1) is 0 Å². The van der Waals surface area contributed by atoms with Crippen LogP contribution < -0.4 is 5.73 Å². The SMILES string of the molecule is Cc1cc(S(C)(=O)=O)c(CCCCN)cc1O. The van der Waals surface area contributed by atoms with E-state index in [2.05, 4.69) is 0 Å². The zero-order chi connectivity index (χ0) is 13.1. The van der Waals surface area contributed by atoms with Gasteiger partial charge in [0.05, 0.1) is 4.90 Å². The Morgan fingerprint density at radius 3 is 2.47 bits per heavy atom. The van der Waals surface area contributed by atoms with Gasteiger partial charge in [-0.05, 0) is 56.0 Å². The molecule has 0 heterocycles. The van der Waals surface area contributed by atoms with Crippen LogP contribution in [0.5, 0.6) is 5.75 Å². The van der Waals surface area contributed by atoms with E-state index in [1.807, 2.05) is 0 Å². The second-order valence-electron chi connectivity index (χ2n) is 4.26. The Morgan fingerprint density at radius 2 is 1.94 bits per heavy atom. The summed E-state index contributed by atoms with van der Waals surface area (Å²) in [7, 11) is -3.25. The van der Waals surface area contributed by atoms with E-state index in [1.54, 1.807) is 13.0 Å². The molecule has 0 aliphatic rings. The first kappa shape index (κ1) is 14.0. The summed E-state index contributed by atoms with van der Waals surface area (Å²) in [5, 5.41) is 9.63. The maximum atomic E-state index is 11.6. The van der Waals surface area contributed by atoms with E-state index >= 15 is 0 Å². The summed E-state index contributed by atoms with van der Waals surface area (Å²) in [4.78, 5) is 0.310. The van der Waals surface area contributed by atoms with Crippen LogP contribution >= 0.6 is 0 Å². The summed E-state index contributed by atoms with van der Waals surface area (Å²) in [5.74, 6) is 0.139. The van der Waals surface area contributed by atoms with Crippen molar-refractivity contribution in [2.45, 2.75) is 31.1 Å². The molecule has 4 nitrogen and oxygen atoms in total. The molecule has 0 atom stereocenters. The number of unbranched alkanes of at least 4 members (excludes halogenated alkanes) is 1. The molecule has 1 aromatic rings. The van der Waals surface area contributed by atoms with Gasteiger partial charge in [-0.3, -0.25) is 0 Å². The molecule has 0 bridgehead atoms. The number of nitrogens with two attached hydrogens (primary N) is 1. The Morgan fingerprint density at radius 1 is 1.29 bits per heavy atom. The standard InChI is InChI=1S/C12H19NO3S/c1-9-7-12(17(2,15)16)10(8-11(9)14)5-3-4-6-13/h7-8,14H,3-6,13H2,1-2H3. The lowest BCUT2D eigenvalue weighted by molar-refractivity contribution is 0.469. The summed E-state index contributed by atoms with van der Waals surface area (Å²) in [6.07, 6.45) is 3.47. The van der Waals surface area contributed by atoms with Crippen LogP contribution in [0.2, 0.25) is 0 Å². The third-order valence-electron chi connectivity index (χ3n) is 2.68. The minimum absolute atomic E-state index is 0.139. The zero-order valence-corrected chi connectivity index (χ0v) is 11.0. The Kier molecular flexibility index (Phi) is 4.54. The normalized spacial score (nSPS) is 11.7. The van der Waals surface area contributed by atoms with Gasteiger partial charge in [0.1, 0.15) is 5.75 Å². The summed E-state index contributed by atoms with van der Waals surface area (Å²) in [6.45, 7) is 2.28. The fraction of sp³-hybridized carbons (Fsp3) is 0.500. The Balaban J connectivity index is 3.13. The fourth-order valence-electron chi connectivity index (χ4n) is 1.71. The number of hydrogen-bond acceptors (Lipinski definition) is 4. The predicted molar refractivity (Wildman–Crippen MR) is 67.9 cm³/mol. The highest BCUT2D eigenvalue weighted by Crippen LogP contribution is 2.26. The van der Waals surface area contributed by atoms with E-state index in [0.717, 1.165) is 12.8 Å². The molecule has 0 aliphatic carbocycles. The van der Waals surface area contributed by atoms with Crippen molar-refractivity contribution >= 4 is 9.84 Å². The van der Waals surface area contributed by atoms with E-state index < -0.39 is 9.84 Å². The van der Waals surface area contributed by atoms with Crippen molar-refractivity contribution in [2.24, 2.45) is 5.73 Å². The van der Waals surface area contributed by atoms with Gasteiger partial charge in [0.2, 0.25) is 0 Å². The third kappa shape index (κ3) is 3.71. The van der Waals surface area contributed by atoms with E-state index in [0.29, 0.717) is 29.0 Å². The first-order valence-electron chi connectivity index (χ1n) is 5.59. The number of aryl methyl sites for hydroxylation is 2. The van der Waals surface area contributed by atoms with Gasteiger partial charge in [0.15, 0.2) is 9.84 Å². The molecule has 1 rings (SSSR count). The molecule has 17 heavy (non-hydrogen) atoms. The number of phenolic OH excluding ortho intramolecular Hbond substituents is 1. The lowest BCUT2D eigenvalue weighted by Crippen LogP contribution is -2.05. The molecular formula is C12H19NO3S. The van der Waals surface area contributed by atoms with Crippen molar-refractivity contribution in [3.8, 4) is 5.75 Å². The van der Waals surface area contributed by atoms with Crippen LogP contribution in [0.15, 0.2) is 17.0 Å². The summed E-state index contributed by atoms with van der Waals surface area (Å²) >= 11 is 0. The van der Waals surface area contributed by atoms with Crippen LogP contribution in [0.4, 0.5) is 0 Å². The van der Waals surface area contributed by atoms with Crippen molar-refractivity contribution in [3.63, 3.8) is 0 Å². The van der Waals surface area contributed by atoms with Gasteiger partial charge in [0, 0.05) is 6.26 Å². The highest BCUT2D eigenvalue weighted by atomic mass is 32.2. The monoisotopic (exact) mass is 257 g/mol. The number of benzene rings is 1. The first-order valence-corrected chi connectivity index (χ1v) is 7.48. The van der Waals surface area contributed by atoms with Gasteiger partial charge in [-0.1, -0.05) is 0 Å². The van der Waals surface area contributed by atoms with Gasteiger partial charge in [-0.2, -0.15) is 0 Å². The second-order valence-corrected chi connectivity index (χ2v) is 6.25. The van der Waals surface area contributed by atoms with Crippen LogP contribution in [0, 0.1) is 6.92 Å².